The van der Waals surface area contributed by atoms with Gasteiger partial charge >= 0.3 is 5.97 Å². The molecule has 4 aliphatic carbocycles. The van der Waals surface area contributed by atoms with Gasteiger partial charge in [-0.2, -0.15) is 0 Å². The second-order valence-electron chi connectivity index (χ2n) is 10.8. The highest BCUT2D eigenvalue weighted by Gasteiger charge is 2.59. The number of rotatable bonds is 6. The predicted molar refractivity (Wildman–Crippen MR) is 117 cm³/mol. The van der Waals surface area contributed by atoms with Gasteiger partial charge in [0.15, 0.2) is 0 Å². The number of hydrogen-bond acceptors (Lipinski definition) is 4. The molecular formula is C26H33NO3. The number of ether oxygens (including phenoxy) is 1. The molecule has 0 aliphatic heterocycles. The summed E-state index contributed by atoms with van der Waals surface area (Å²) in [6.45, 7) is 8.00. The van der Waals surface area contributed by atoms with Crippen molar-refractivity contribution in [2.75, 3.05) is 6.61 Å². The van der Waals surface area contributed by atoms with Crippen LogP contribution in [0.3, 0.4) is 0 Å². The molecule has 0 radical (unpaired) electrons. The van der Waals surface area contributed by atoms with Crippen LogP contribution in [0.15, 0.2) is 40.8 Å². The zero-order valence-corrected chi connectivity index (χ0v) is 18.4. The molecule has 2 unspecified atom stereocenters. The van der Waals surface area contributed by atoms with E-state index < -0.39 is 0 Å². The summed E-state index contributed by atoms with van der Waals surface area (Å²) in [4.78, 5) is 11.8. The first-order valence-corrected chi connectivity index (χ1v) is 11.4. The number of hydrogen-bond donors (Lipinski definition) is 1. The minimum atomic E-state index is -0.286. The zero-order valence-electron chi connectivity index (χ0n) is 18.4. The SMILES string of the molecule is CCOC(=O)c1ccc(-c2ccc(CNC34CC5CC(C)(CC(C)(C5)C3)C4)o2)cc1. The molecule has 4 saturated carbocycles. The van der Waals surface area contributed by atoms with Crippen LogP contribution in [0.2, 0.25) is 0 Å². The lowest BCUT2D eigenvalue weighted by atomic mass is 9.43. The first-order valence-electron chi connectivity index (χ1n) is 11.4. The maximum Gasteiger partial charge on any atom is 0.338 e. The topological polar surface area (TPSA) is 51.5 Å². The Labute approximate surface area is 179 Å². The van der Waals surface area contributed by atoms with Crippen molar-refractivity contribution >= 4 is 5.97 Å². The standard InChI is InChI=1S/C26H33NO3/c1-4-29-23(28)20-7-5-19(6-8-20)22-10-9-21(30-22)14-27-26-13-18-11-24(2,16-26)15-25(3,12-18)17-26/h5-10,18,27H,4,11-17H2,1-3H3. The van der Waals surface area contributed by atoms with Gasteiger partial charge in [0.2, 0.25) is 0 Å². The molecule has 1 aromatic heterocycles. The third kappa shape index (κ3) is 3.60. The van der Waals surface area contributed by atoms with Crippen LogP contribution in [0.5, 0.6) is 0 Å². The van der Waals surface area contributed by atoms with Crippen LogP contribution < -0.4 is 5.32 Å². The van der Waals surface area contributed by atoms with Crippen LogP contribution >= 0.6 is 0 Å². The average molecular weight is 408 g/mol. The van der Waals surface area contributed by atoms with Gasteiger partial charge in [0, 0.05) is 11.1 Å². The summed E-state index contributed by atoms with van der Waals surface area (Å²) in [7, 11) is 0. The van der Waals surface area contributed by atoms with Gasteiger partial charge in [0.1, 0.15) is 11.5 Å². The van der Waals surface area contributed by atoms with Gasteiger partial charge in [0.05, 0.1) is 18.7 Å². The lowest BCUT2D eigenvalue weighted by Crippen LogP contribution is -2.63. The molecule has 2 atom stereocenters. The maximum atomic E-state index is 11.8. The van der Waals surface area contributed by atoms with Crippen LogP contribution in [0.25, 0.3) is 11.3 Å². The minimum absolute atomic E-state index is 0.275. The van der Waals surface area contributed by atoms with Crippen molar-refractivity contribution in [2.24, 2.45) is 16.7 Å². The molecule has 1 aromatic carbocycles. The van der Waals surface area contributed by atoms with E-state index in [1.165, 1.54) is 38.5 Å². The molecule has 30 heavy (non-hydrogen) atoms. The summed E-state index contributed by atoms with van der Waals surface area (Å²) in [5, 5.41) is 3.94. The second-order valence-corrected chi connectivity index (χ2v) is 10.8. The smallest absolute Gasteiger partial charge is 0.338 e. The summed E-state index contributed by atoms with van der Waals surface area (Å²) in [6.07, 6.45) is 8.15. The van der Waals surface area contributed by atoms with Crippen molar-refractivity contribution in [3.05, 3.63) is 47.7 Å². The Bertz CT molecular complexity index is 925. The Kier molecular flexibility index (Phi) is 4.62. The molecule has 160 valence electrons. The number of furan rings is 1. The van der Waals surface area contributed by atoms with Crippen molar-refractivity contribution in [3.8, 4) is 11.3 Å². The van der Waals surface area contributed by atoms with Crippen LogP contribution in [-0.4, -0.2) is 18.1 Å². The summed E-state index contributed by atoms with van der Waals surface area (Å²) in [6, 6.07) is 11.5. The largest absolute Gasteiger partial charge is 0.462 e. The van der Waals surface area contributed by atoms with Gasteiger partial charge in [-0.15, -0.1) is 0 Å². The van der Waals surface area contributed by atoms with Crippen LogP contribution in [0.4, 0.5) is 0 Å². The Morgan fingerprint density at radius 3 is 2.37 bits per heavy atom. The van der Waals surface area contributed by atoms with E-state index in [-0.39, 0.29) is 11.5 Å². The molecule has 0 spiro atoms. The monoisotopic (exact) mass is 407 g/mol. The van der Waals surface area contributed by atoms with E-state index in [1.54, 1.807) is 12.1 Å². The number of esters is 1. The van der Waals surface area contributed by atoms with Crippen LogP contribution in [-0.2, 0) is 11.3 Å². The second kappa shape index (κ2) is 6.98. The van der Waals surface area contributed by atoms with Gasteiger partial charge in [-0.1, -0.05) is 26.0 Å². The molecule has 4 nitrogen and oxygen atoms in total. The number of nitrogens with one attached hydrogen (secondary N) is 1. The number of carbonyl (C=O) groups is 1. The fraction of sp³-hybridized carbons (Fsp3) is 0.577. The molecule has 4 aliphatic rings. The van der Waals surface area contributed by atoms with E-state index in [4.69, 9.17) is 9.15 Å². The van der Waals surface area contributed by atoms with E-state index in [2.05, 4.69) is 25.2 Å². The average Bonchev–Trinajstić information content (AvgIpc) is 3.13. The molecule has 0 saturated heterocycles. The Morgan fingerprint density at radius 2 is 1.73 bits per heavy atom. The van der Waals surface area contributed by atoms with Crippen LogP contribution in [0, 0.1) is 16.7 Å². The third-order valence-corrected chi connectivity index (χ3v) is 7.61. The van der Waals surface area contributed by atoms with Crippen LogP contribution in [0.1, 0.15) is 75.4 Å². The summed E-state index contributed by atoms with van der Waals surface area (Å²) >= 11 is 0. The van der Waals surface area contributed by atoms with Gasteiger partial charge in [-0.05, 0) is 86.5 Å². The normalized spacial score (nSPS) is 34.3. The highest BCUT2D eigenvalue weighted by Crippen LogP contribution is 2.66. The third-order valence-electron chi connectivity index (χ3n) is 7.61. The first kappa shape index (κ1) is 19.9. The van der Waals surface area contributed by atoms with Crippen molar-refractivity contribution in [1.29, 1.82) is 0 Å². The van der Waals surface area contributed by atoms with E-state index in [1.807, 2.05) is 25.1 Å². The molecule has 1 heterocycles. The molecule has 2 aromatic rings. The van der Waals surface area contributed by atoms with Crippen molar-refractivity contribution in [3.63, 3.8) is 0 Å². The molecule has 1 N–H and O–H groups in total. The Morgan fingerprint density at radius 1 is 1.03 bits per heavy atom. The molecule has 4 heteroatoms. The van der Waals surface area contributed by atoms with Crippen molar-refractivity contribution in [1.82, 2.24) is 5.32 Å². The number of benzene rings is 1. The fourth-order valence-corrected chi connectivity index (χ4v) is 7.53. The minimum Gasteiger partial charge on any atom is -0.462 e. The van der Waals surface area contributed by atoms with Gasteiger partial charge in [-0.3, -0.25) is 0 Å². The van der Waals surface area contributed by atoms with E-state index in [0.29, 0.717) is 23.0 Å². The summed E-state index contributed by atoms with van der Waals surface area (Å²) < 4.78 is 11.2. The van der Waals surface area contributed by atoms with Gasteiger partial charge < -0.3 is 14.5 Å². The maximum absolute atomic E-state index is 11.8. The lowest BCUT2D eigenvalue weighted by molar-refractivity contribution is -0.118. The van der Waals surface area contributed by atoms with Crippen molar-refractivity contribution in [2.45, 2.75) is 71.4 Å². The lowest BCUT2D eigenvalue weighted by Gasteiger charge is -2.65. The quantitative estimate of drug-likeness (QED) is 0.600. The molecule has 4 bridgehead atoms. The van der Waals surface area contributed by atoms with Crippen molar-refractivity contribution < 1.29 is 13.9 Å². The zero-order chi connectivity index (χ0) is 21.0. The Balaban J connectivity index is 1.26. The van der Waals surface area contributed by atoms with E-state index in [9.17, 15) is 4.79 Å². The summed E-state index contributed by atoms with van der Waals surface area (Å²) in [5.74, 6) is 2.41. The van der Waals surface area contributed by atoms with E-state index >= 15 is 0 Å². The fourth-order valence-electron chi connectivity index (χ4n) is 7.53. The molecular weight excluding hydrogens is 374 g/mol. The Hall–Kier alpha value is -2.07. The van der Waals surface area contributed by atoms with E-state index in [0.717, 1.165) is 29.5 Å². The molecule has 0 amide bonds. The number of carbonyl (C=O) groups excluding carboxylic acids is 1. The van der Waals surface area contributed by atoms with Gasteiger partial charge in [-0.25, -0.2) is 4.79 Å². The predicted octanol–water partition coefficient (Wildman–Crippen LogP) is 5.96. The summed E-state index contributed by atoms with van der Waals surface area (Å²) in [5.41, 5.74) is 2.84. The highest BCUT2D eigenvalue weighted by molar-refractivity contribution is 5.89. The van der Waals surface area contributed by atoms with Gasteiger partial charge in [0.25, 0.3) is 0 Å². The molecule has 6 rings (SSSR count). The first-order chi connectivity index (χ1) is 14.3. The highest BCUT2D eigenvalue weighted by atomic mass is 16.5. The molecule has 4 fully saturated rings.